The Labute approximate surface area is 142 Å². The number of nitrogens with one attached hydrogen (secondary N) is 1. The number of nitrogens with zero attached hydrogens (tertiary/aromatic N) is 4. The van der Waals surface area contributed by atoms with Gasteiger partial charge in [0.15, 0.2) is 0 Å². The molecule has 2 aromatic carbocycles. The number of nitro benzene ring substituents is 1. The lowest BCUT2D eigenvalue weighted by atomic mass is 9.93. The summed E-state index contributed by atoms with van der Waals surface area (Å²) in [5.41, 5.74) is 1.30. The van der Waals surface area contributed by atoms with Crippen molar-refractivity contribution in [2.45, 2.75) is 18.5 Å². The Hall–Kier alpha value is -3.29. The second kappa shape index (κ2) is 5.97. The third-order valence-corrected chi connectivity index (χ3v) is 4.38. The summed E-state index contributed by atoms with van der Waals surface area (Å²) in [6.07, 6.45) is 1.91. The second-order valence-corrected chi connectivity index (χ2v) is 5.85. The van der Waals surface area contributed by atoms with Gasteiger partial charge in [-0.05, 0) is 18.1 Å². The number of fused-ring (bicyclic) bond motifs is 1. The Kier molecular flexibility index (Phi) is 3.64. The van der Waals surface area contributed by atoms with E-state index in [1.165, 1.54) is 24.5 Å². The zero-order valence-corrected chi connectivity index (χ0v) is 13.0. The molecule has 3 aromatic rings. The first-order valence-corrected chi connectivity index (χ1v) is 7.78. The van der Waals surface area contributed by atoms with Crippen molar-refractivity contribution in [1.82, 2.24) is 14.8 Å². The van der Waals surface area contributed by atoms with Crippen LogP contribution in [0, 0.1) is 15.9 Å². The number of non-ortho nitro benzene ring substituents is 1. The summed E-state index contributed by atoms with van der Waals surface area (Å²) in [5.74, 6) is 0.199. The van der Waals surface area contributed by atoms with Crippen LogP contribution in [0.3, 0.4) is 0 Å². The van der Waals surface area contributed by atoms with Gasteiger partial charge in [-0.25, -0.2) is 9.07 Å². The van der Waals surface area contributed by atoms with Crippen LogP contribution in [0.1, 0.15) is 29.6 Å². The second-order valence-electron chi connectivity index (χ2n) is 5.85. The fraction of sp³-hybridized carbons (Fsp3) is 0.176. The average molecular weight is 339 g/mol. The van der Waals surface area contributed by atoms with Gasteiger partial charge < -0.3 is 5.32 Å². The number of rotatable bonds is 3. The average Bonchev–Trinajstić information content (AvgIpc) is 3.10. The van der Waals surface area contributed by atoms with Crippen molar-refractivity contribution in [2.75, 3.05) is 5.32 Å². The first-order valence-electron chi connectivity index (χ1n) is 7.78. The van der Waals surface area contributed by atoms with Crippen molar-refractivity contribution >= 4 is 11.6 Å². The summed E-state index contributed by atoms with van der Waals surface area (Å²) >= 11 is 0. The van der Waals surface area contributed by atoms with Crippen molar-refractivity contribution in [3.05, 3.63) is 81.9 Å². The molecule has 0 amide bonds. The maximum atomic E-state index is 14.3. The zero-order chi connectivity index (χ0) is 17.4. The van der Waals surface area contributed by atoms with Crippen molar-refractivity contribution in [3.63, 3.8) is 0 Å². The van der Waals surface area contributed by atoms with Crippen LogP contribution in [0.15, 0.2) is 54.9 Å². The molecule has 7 nitrogen and oxygen atoms in total. The minimum Gasteiger partial charge on any atom is -0.348 e. The number of hydrogen-bond donors (Lipinski definition) is 1. The SMILES string of the molecule is O=[N+]([O-])c1cccc([C@H]2C[C@@H](c3ccccc3F)n3ncnc3N2)c1. The lowest BCUT2D eigenvalue weighted by molar-refractivity contribution is -0.384. The van der Waals surface area contributed by atoms with Gasteiger partial charge in [-0.1, -0.05) is 30.3 Å². The highest BCUT2D eigenvalue weighted by molar-refractivity contribution is 5.42. The molecule has 0 saturated carbocycles. The van der Waals surface area contributed by atoms with Gasteiger partial charge in [-0.2, -0.15) is 10.1 Å². The molecular formula is C17H14FN5O2. The lowest BCUT2D eigenvalue weighted by Crippen LogP contribution is -2.28. The Balaban J connectivity index is 1.75. The van der Waals surface area contributed by atoms with E-state index in [9.17, 15) is 14.5 Å². The standard InChI is InChI=1S/C17H14FN5O2/c18-14-7-2-1-6-13(14)16-9-15(21-17-19-10-20-22(16)17)11-4-3-5-12(8-11)23(24)25/h1-8,10,15-16H,9H2,(H,19,20,21)/t15-,16+/m1/s1. The molecule has 8 heteroatoms. The Bertz CT molecular complexity index is 942. The minimum absolute atomic E-state index is 0.0220. The maximum Gasteiger partial charge on any atom is 0.269 e. The number of benzene rings is 2. The van der Waals surface area contributed by atoms with E-state index in [4.69, 9.17) is 0 Å². The predicted molar refractivity (Wildman–Crippen MR) is 88.6 cm³/mol. The highest BCUT2D eigenvalue weighted by Gasteiger charge is 2.31. The molecule has 0 radical (unpaired) electrons. The molecule has 2 atom stereocenters. The predicted octanol–water partition coefficient (Wildman–Crippen LogP) is 3.47. The molecule has 25 heavy (non-hydrogen) atoms. The van der Waals surface area contributed by atoms with E-state index in [0.717, 1.165) is 5.56 Å². The summed E-state index contributed by atoms with van der Waals surface area (Å²) in [4.78, 5) is 14.8. The van der Waals surface area contributed by atoms with Crippen LogP contribution in [0.4, 0.5) is 16.0 Å². The van der Waals surface area contributed by atoms with Gasteiger partial charge in [0.05, 0.1) is 17.0 Å². The molecule has 1 aromatic heterocycles. The number of anilines is 1. The molecule has 2 heterocycles. The normalized spacial score (nSPS) is 19.1. The molecule has 0 saturated heterocycles. The maximum absolute atomic E-state index is 14.3. The van der Waals surface area contributed by atoms with Crippen molar-refractivity contribution < 1.29 is 9.31 Å². The van der Waals surface area contributed by atoms with Crippen molar-refractivity contribution in [3.8, 4) is 0 Å². The molecule has 126 valence electrons. The van der Waals surface area contributed by atoms with E-state index in [2.05, 4.69) is 15.4 Å². The van der Waals surface area contributed by atoms with Gasteiger partial charge in [0.25, 0.3) is 5.69 Å². The highest BCUT2D eigenvalue weighted by atomic mass is 19.1. The number of hydrogen-bond acceptors (Lipinski definition) is 5. The van der Waals surface area contributed by atoms with E-state index in [1.54, 1.807) is 28.9 Å². The van der Waals surface area contributed by atoms with Crippen molar-refractivity contribution in [2.24, 2.45) is 0 Å². The fourth-order valence-electron chi connectivity index (χ4n) is 3.20. The monoisotopic (exact) mass is 339 g/mol. The van der Waals surface area contributed by atoms with E-state index in [-0.39, 0.29) is 23.6 Å². The number of aromatic nitrogens is 3. The van der Waals surface area contributed by atoms with E-state index in [0.29, 0.717) is 17.9 Å². The van der Waals surface area contributed by atoms with Gasteiger partial charge in [0, 0.05) is 17.7 Å². The first kappa shape index (κ1) is 15.3. The van der Waals surface area contributed by atoms with Gasteiger partial charge in [0.1, 0.15) is 12.1 Å². The molecule has 4 rings (SSSR count). The van der Waals surface area contributed by atoms with Gasteiger partial charge in [0.2, 0.25) is 5.95 Å². The molecule has 0 fully saturated rings. The lowest BCUT2D eigenvalue weighted by Gasteiger charge is -2.31. The summed E-state index contributed by atoms with van der Waals surface area (Å²) < 4.78 is 15.9. The summed E-state index contributed by atoms with van der Waals surface area (Å²) in [7, 11) is 0. The molecule has 0 unspecified atom stereocenters. The minimum atomic E-state index is -0.427. The molecule has 1 aliphatic rings. The third-order valence-electron chi connectivity index (χ3n) is 4.38. The molecule has 1 N–H and O–H groups in total. The van der Waals surface area contributed by atoms with Crippen LogP contribution in [0.25, 0.3) is 0 Å². The molecule has 0 spiro atoms. The Morgan fingerprint density at radius 1 is 1.24 bits per heavy atom. The zero-order valence-electron chi connectivity index (χ0n) is 13.0. The van der Waals surface area contributed by atoms with Gasteiger partial charge >= 0.3 is 0 Å². The highest BCUT2D eigenvalue weighted by Crippen LogP contribution is 2.38. The van der Waals surface area contributed by atoms with E-state index in [1.807, 2.05) is 6.07 Å². The van der Waals surface area contributed by atoms with E-state index >= 15 is 0 Å². The van der Waals surface area contributed by atoms with Crippen molar-refractivity contribution in [1.29, 1.82) is 0 Å². The largest absolute Gasteiger partial charge is 0.348 e. The van der Waals surface area contributed by atoms with E-state index < -0.39 is 4.92 Å². The van der Waals surface area contributed by atoms with Crippen LogP contribution in [0.5, 0.6) is 0 Å². The van der Waals surface area contributed by atoms with Crippen LogP contribution in [-0.2, 0) is 0 Å². The molecule has 0 bridgehead atoms. The Morgan fingerprint density at radius 2 is 2.08 bits per heavy atom. The molecule has 0 aliphatic carbocycles. The molecular weight excluding hydrogens is 325 g/mol. The van der Waals surface area contributed by atoms with Crippen LogP contribution in [-0.4, -0.2) is 19.7 Å². The quantitative estimate of drug-likeness (QED) is 0.583. The van der Waals surface area contributed by atoms with Crippen LogP contribution < -0.4 is 5.32 Å². The summed E-state index contributed by atoms with van der Waals surface area (Å²) in [6.45, 7) is 0. The van der Waals surface area contributed by atoms with Crippen LogP contribution in [0.2, 0.25) is 0 Å². The van der Waals surface area contributed by atoms with Crippen LogP contribution >= 0.6 is 0 Å². The van der Waals surface area contributed by atoms with Gasteiger partial charge in [-0.3, -0.25) is 10.1 Å². The van der Waals surface area contributed by atoms with Gasteiger partial charge in [-0.15, -0.1) is 0 Å². The fourth-order valence-corrected chi connectivity index (χ4v) is 3.20. The molecule has 1 aliphatic heterocycles. The first-order chi connectivity index (χ1) is 12.1. The summed E-state index contributed by atoms with van der Waals surface area (Å²) in [5, 5.41) is 18.5. The summed E-state index contributed by atoms with van der Waals surface area (Å²) in [6, 6.07) is 12.4. The number of halogens is 1. The Morgan fingerprint density at radius 3 is 2.88 bits per heavy atom. The number of nitro groups is 1. The third kappa shape index (κ3) is 2.71. The smallest absolute Gasteiger partial charge is 0.269 e. The topological polar surface area (TPSA) is 85.9 Å².